The summed E-state index contributed by atoms with van der Waals surface area (Å²) in [5, 5.41) is 2.95. The van der Waals surface area contributed by atoms with Gasteiger partial charge in [-0.2, -0.15) is 0 Å². The summed E-state index contributed by atoms with van der Waals surface area (Å²) in [6.45, 7) is 3.77. The minimum absolute atomic E-state index is 0.144. The van der Waals surface area contributed by atoms with Crippen LogP contribution >= 0.6 is 0 Å². The summed E-state index contributed by atoms with van der Waals surface area (Å²) in [7, 11) is 4.75. The molecular weight excluding hydrogens is 562 g/mol. The SMILES string of the molecule is COc1ccc(-c2cn(-c3ccc(OC)c(OC)c3)c(NC(=O)CN(CCN3CCOCC3)C(=O)c3ccccc3)n2)cc1. The molecule has 4 aromatic rings. The average Bonchev–Trinajstić information content (AvgIpc) is 3.50. The summed E-state index contributed by atoms with van der Waals surface area (Å²) in [6, 6.07) is 22.0. The van der Waals surface area contributed by atoms with Gasteiger partial charge in [-0.05, 0) is 48.5 Å². The summed E-state index contributed by atoms with van der Waals surface area (Å²) < 4.78 is 23.5. The Morgan fingerprint density at radius 3 is 2.32 bits per heavy atom. The lowest BCUT2D eigenvalue weighted by Gasteiger charge is -2.30. The molecule has 2 heterocycles. The normalized spacial score (nSPS) is 13.2. The van der Waals surface area contributed by atoms with Crippen LogP contribution in [0.5, 0.6) is 17.2 Å². The van der Waals surface area contributed by atoms with Gasteiger partial charge in [-0.3, -0.25) is 24.4 Å². The Kier molecular flexibility index (Phi) is 10.1. The highest BCUT2D eigenvalue weighted by Crippen LogP contribution is 2.32. The number of benzene rings is 3. The van der Waals surface area contributed by atoms with Gasteiger partial charge in [0.25, 0.3) is 5.91 Å². The van der Waals surface area contributed by atoms with Crippen LogP contribution in [0, 0.1) is 0 Å². The fraction of sp³-hybridized carbons (Fsp3) is 0.303. The van der Waals surface area contributed by atoms with Gasteiger partial charge >= 0.3 is 0 Å². The quantitative estimate of drug-likeness (QED) is 0.261. The number of amides is 2. The molecule has 5 rings (SSSR count). The maximum Gasteiger partial charge on any atom is 0.254 e. The number of hydrogen-bond acceptors (Lipinski definition) is 8. The van der Waals surface area contributed by atoms with E-state index in [4.69, 9.17) is 23.9 Å². The Morgan fingerprint density at radius 2 is 1.64 bits per heavy atom. The number of hydrogen-bond donors (Lipinski definition) is 1. The lowest BCUT2D eigenvalue weighted by atomic mass is 10.1. The molecule has 0 radical (unpaired) electrons. The van der Waals surface area contributed by atoms with Crippen molar-refractivity contribution in [3.63, 3.8) is 0 Å². The third kappa shape index (κ3) is 7.36. The van der Waals surface area contributed by atoms with Gasteiger partial charge in [-0.1, -0.05) is 18.2 Å². The predicted molar refractivity (Wildman–Crippen MR) is 167 cm³/mol. The van der Waals surface area contributed by atoms with E-state index in [2.05, 4.69) is 10.2 Å². The van der Waals surface area contributed by atoms with Gasteiger partial charge in [0.1, 0.15) is 12.3 Å². The van der Waals surface area contributed by atoms with Crippen molar-refractivity contribution in [2.24, 2.45) is 0 Å². The van der Waals surface area contributed by atoms with E-state index in [1.54, 1.807) is 49.0 Å². The van der Waals surface area contributed by atoms with Gasteiger partial charge in [0.05, 0.1) is 45.9 Å². The van der Waals surface area contributed by atoms with Crippen LogP contribution in [-0.2, 0) is 9.53 Å². The molecule has 1 aliphatic rings. The minimum Gasteiger partial charge on any atom is -0.497 e. The lowest BCUT2D eigenvalue weighted by Crippen LogP contribution is -2.45. The molecule has 1 N–H and O–H groups in total. The number of imidazole rings is 1. The van der Waals surface area contributed by atoms with Gasteiger partial charge in [0.15, 0.2) is 11.5 Å². The molecule has 3 aromatic carbocycles. The van der Waals surface area contributed by atoms with Gasteiger partial charge in [-0.25, -0.2) is 4.98 Å². The number of rotatable bonds is 12. The zero-order valence-electron chi connectivity index (χ0n) is 25.2. The second kappa shape index (κ2) is 14.5. The van der Waals surface area contributed by atoms with Crippen molar-refractivity contribution in [1.82, 2.24) is 19.4 Å². The smallest absolute Gasteiger partial charge is 0.254 e. The second-order valence-corrected chi connectivity index (χ2v) is 10.2. The summed E-state index contributed by atoms with van der Waals surface area (Å²) in [5.41, 5.74) is 2.71. The van der Waals surface area contributed by atoms with Crippen LogP contribution in [0.1, 0.15) is 10.4 Å². The number of carbonyl (C=O) groups is 2. The van der Waals surface area contributed by atoms with E-state index in [1.807, 2.05) is 60.8 Å². The molecule has 2 amide bonds. The summed E-state index contributed by atoms with van der Waals surface area (Å²) in [5.74, 6) is 1.55. The second-order valence-electron chi connectivity index (χ2n) is 10.2. The molecule has 1 fully saturated rings. The van der Waals surface area contributed by atoms with Crippen molar-refractivity contribution in [2.75, 3.05) is 72.6 Å². The molecular formula is C33H37N5O6. The minimum atomic E-state index is -0.370. The Labute approximate surface area is 256 Å². The fourth-order valence-electron chi connectivity index (χ4n) is 4.98. The number of nitrogens with zero attached hydrogens (tertiary/aromatic N) is 4. The van der Waals surface area contributed by atoms with Crippen molar-refractivity contribution in [1.29, 1.82) is 0 Å². The average molecular weight is 600 g/mol. The van der Waals surface area contributed by atoms with E-state index in [0.717, 1.165) is 24.4 Å². The monoisotopic (exact) mass is 599 g/mol. The molecule has 1 saturated heterocycles. The fourth-order valence-corrected chi connectivity index (χ4v) is 4.98. The molecule has 0 spiro atoms. The Bertz CT molecular complexity index is 1550. The van der Waals surface area contributed by atoms with Gasteiger partial charge in [0, 0.05) is 49.6 Å². The lowest BCUT2D eigenvalue weighted by molar-refractivity contribution is -0.117. The van der Waals surface area contributed by atoms with Gasteiger partial charge < -0.3 is 23.8 Å². The van der Waals surface area contributed by atoms with Crippen LogP contribution in [0.15, 0.2) is 79.0 Å². The Hall–Kier alpha value is -4.87. The van der Waals surface area contributed by atoms with Crippen LogP contribution in [-0.4, -0.2) is 98.4 Å². The van der Waals surface area contributed by atoms with E-state index >= 15 is 0 Å². The molecule has 1 aliphatic heterocycles. The Balaban J connectivity index is 1.42. The number of ether oxygens (including phenoxy) is 4. The van der Waals surface area contributed by atoms with E-state index in [1.165, 1.54) is 0 Å². The number of anilines is 1. The largest absolute Gasteiger partial charge is 0.497 e. The zero-order chi connectivity index (χ0) is 30.9. The van der Waals surface area contributed by atoms with Crippen LogP contribution < -0.4 is 19.5 Å². The summed E-state index contributed by atoms with van der Waals surface area (Å²) >= 11 is 0. The molecule has 0 saturated carbocycles. The first-order valence-corrected chi connectivity index (χ1v) is 14.4. The van der Waals surface area contributed by atoms with Gasteiger partial charge in [-0.15, -0.1) is 0 Å². The van der Waals surface area contributed by atoms with Crippen LogP contribution in [0.3, 0.4) is 0 Å². The highest BCUT2D eigenvalue weighted by atomic mass is 16.5. The standard InChI is InChI=1S/C33H37N5O6/c1-41-27-12-9-24(10-13-27)28-22-38(26-11-14-29(42-2)30(21-26)43-3)33(34-28)35-31(39)23-37(16-15-36-17-19-44-20-18-36)32(40)25-7-5-4-6-8-25/h4-14,21-22H,15-20,23H2,1-3H3,(H,34,35,39). The highest BCUT2D eigenvalue weighted by Gasteiger charge is 2.23. The topological polar surface area (TPSA) is 107 Å². The third-order valence-electron chi connectivity index (χ3n) is 7.42. The molecule has 0 aliphatic carbocycles. The van der Waals surface area contributed by atoms with Crippen molar-refractivity contribution >= 4 is 17.8 Å². The molecule has 0 atom stereocenters. The summed E-state index contributed by atoms with van der Waals surface area (Å²) in [6.07, 6.45) is 1.84. The maximum atomic E-state index is 13.6. The van der Waals surface area contributed by atoms with E-state index in [0.29, 0.717) is 60.7 Å². The van der Waals surface area contributed by atoms with E-state index < -0.39 is 0 Å². The molecule has 11 heteroatoms. The number of carbonyl (C=O) groups excluding carboxylic acids is 2. The first-order chi connectivity index (χ1) is 21.5. The van der Waals surface area contributed by atoms with Crippen molar-refractivity contribution in [3.8, 4) is 34.2 Å². The van der Waals surface area contributed by atoms with Crippen LogP contribution in [0.2, 0.25) is 0 Å². The van der Waals surface area contributed by atoms with Crippen LogP contribution in [0.25, 0.3) is 16.9 Å². The first kappa shape index (κ1) is 30.6. The van der Waals surface area contributed by atoms with Crippen molar-refractivity contribution in [2.45, 2.75) is 0 Å². The maximum absolute atomic E-state index is 13.6. The molecule has 0 unspecified atom stereocenters. The van der Waals surface area contributed by atoms with E-state index in [-0.39, 0.29) is 18.4 Å². The molecule has 1 aromatic heterocycles. The molecule has 11 nitrogen and oxygen atoms in total. The Morgan fingerprint density at radius 1 is 0.909 bits per heavy atom. The number of aromatic nitrogens is 2. The highest BCUT2D eigenvalue weighted by molar-refractivity contribution is 5.99. The molecule has 230 valence electrons. The number of nitrogens with one attached hydrogen (secondary N) is 1. The third-order valence-corrected chi connectivity index (χ3v) is 7.42. The van der Waals surface area contributed by atoms with Gasteiger partial charge in [0.2, 0.25) is 11.9 Å². The summed E-state index contributed by atoms with van der Waals surface area (Å²) in [4.78, 5) is 35.7. The van der Waals surface area contributed by atoms with Crippen LogP contribution in [0.4, 0.5) is 5.95 Å². The zero-order valence-corrected chi connectivity index (χ0v) is 25.2. The van der Waals surface area contributed by atoms with Crippen molar-refractivity contribution in [3.05, 3.63) is 84.6 Å². The number of morpholine rings is 1. The molecule has 44 heavy (non-hydrogen) atoms. The first-order valence-electron chi connectivity index (χ1n) is 14.4. The number of methoxy groups -OCH3 is 3. The van der Waals surface area contributed by atoms with Crippen molar-refractivity contribution < 1.29 is 28.5 Å². The van der Waals surface area contributed by atoms with E-state index in [9.17, 15) is 9.59 Å². The molecule has 0 bridgehead atoms. The predicted octanol–water partition coefficient (Wildman–Crippen LogP) is 3.98.